The quantitative estimate of drug-likeness (QED) is 0.242. The average Bonchev–Trinajstić information content (AvgIpc) is 2.79. The summed E-state index contributed by atoms with van der Waals surface area (Å²) >= 11 is 0. The zero-order valence-electron chi connectivity index (χ0n) is 17.1. The van der Waals surface area contributed by atoms with Crippen LogP contribution in [0.2, 0.25) is 0 Å². The Hall–Kier alpha value is -3.93. The van der Waals surface area contributed by atoms with Crippen molar-refractivity contribution in [3.8, 4) is 33.4 Å². The Bertz CT molecular complexity index is 1280. The molecule has 0 saturated carbocycles. The molecular formula is C26H18F3NO2. The molecule has 160 valence electrons. The van der Waals surface area contributed by atoms with Crippen molar-refractivity contribution in [2.45, 2.75) is 13.1 Å². The molecule has 6 heteroatoms. The van der Waals surface area contributed by atoms with Crippen molar-refractivity contribution >= 4 is 5.69 Å². The van der Waals surface area contributed by atoms with Crippen LogP contribution >= 0.6 is 0 Å². The van der Waals surface area contributed by atoms with Gasteiger partial charge in [0.05, 0.1) is 10.5 Å². The monoisotopic (exact) mass is 433 g/mol. The number of alkyl halides is 3. The molecule has 0 bridgehead atoms. The van der Waals surface area contributed by atoms with E-state index in [1.54, 1.807) is 6.92 Å². The minimum atomic E-state index is -4.75. The highest BCUT2D eigenvalue weighted by atomic mass is 19.4. The molecule has 0 atom stereocenters. The molecule has 0 aliphatic heterocycles. The van der Waals surface area contributed by atoms with Crippen LogP contribution in [0.4, 0.5) is 18.9 Å². The molecule has 0 radical (unpaired) electrons. The summed E-state index contributed by atoms with van der Waals surface area (Å²) in [6.07, 6.45) is -4.75. The summed E-state index contributed by atoms with van der Waals surface area (Å²) in [6.45, 7) is 1.76. The second kappa shape index (κ2) is 8.30. The van der Waals surface area contributed by atoms with Crippen LogP contribution in [0.25, 0.3) is 33.4 Å². The first-order chi connectivity index (χ1) is 15.3. The second-order valence-electron chi connectivity index (χ2n) is 7.43. The van der Waals surface area contributed by atoms with Crippen molar-refractivity contribution in [1.82, 2.24) is 0 Å². The molecule has 0 fully saturated rings. The lowest BCUT2D eigenvalue weighted by Crippen LogP contribution is -2.09. The molecule has 0 aromatic heterocycles. The molecule has 0 aliphatic rings. The van der Waals surface area contributed by atoms with Gasteiger partial charge in [-0.1, -0.05) is 66.7 Å². The van der Waals surface area contributed by atoms with Crippen molar-refractivity contribution in [2.24, 2.45) is 0 Å². The smallest absolute Gasteiger partial charge is 0.258 e. The largest absolute Gasteiger partial charge is 0.417 e. The summed E-state index contributed by atoms with van der Waals surface area (Å²) in [4.78, 5) is 10.3. The molecule has 4 rings (SSSR count). The first-order valence-electron chi connectivity index (χ1n) is 9.87. The maximum atomic E-state index is 14.0. The third-order valence-corrected chi connectivity index (χ3v) is 5.32. The predicted octanol–water partition coefficient (Wildman–Crippen LogP) is 7.92. The Labute approximate surface area is 182 Å². The minimum absolute atomic E-state index is 0.0842. The van der Waals surface area contributed by atoms with Crippen LogP contribution in [-0.4, -0.2) is 4.92 Å². The van der Waals surface area contributed by atoms with Crippen molar-refractivity contribution in [3.05, 3.63) is 112 Å². The summed E-state index contributed by atoms with van der Waals surface area (Å²) in [6, 6.07) is 25.4. The molecule has 0 spiro atoms. The third kappa shape index (κ3) is 4.12. The van der Waals surface area contributed by atoms with Crippen LogP contribution in [0.15, 0.2) is 91.0 Å². The lowest BCUT2D eigenvalue weighted by Gasteiger charge is -2.20. The molecule has 3 nitrogen and oxygen atoms in total. The number of aryl methyl sites for hydroxylation is 1. The van der Waals surface area contributed by atoms with Gasteiger partial charge in [-0.25, -0.2) is 0 Å². The Morgan fingerprint density at radius 3 is 1.88 bits per heavy atom. The van der Waals surface area contributed by atoms with Gasteiger partial charge in [0.2, 0.25) is 0 Å². The fraction of sp³-hybridized carbons (Fsp3) is 0.0769. The maximum absolute atomic E-state index is 14.0. The van der Waals surface area contributed by atoms with Gasteiger partial charge in [0, 0.05) is 12.1 Å². The fourth-order valence-electron chi connectivity index (χ4n) is 3.89. The van der Waals surface area contributed by atoms with Gasteiger partial charge in [-0.3, -0.25) is 10.1 Å². The van der Waals surface area contributed by atoms with E-state index in [2.05, 4.69) is 0 Å². The zero-order chi connectivity index (χ0) is 22.9. The summed E-state index contributed by atoms with van der Waals surface area (Å²) in [5.41, 5.74) is 2.54. The summed E-state index contributed by atoms with van der Waals surface area (Å²) in [5.74, 6) is 0. The molecule has 0 aliphatic carbocycles. The SMILES string of the molecule is Cc1cc(-c2ccccc2)cc(-c2ccccc2)c1-c1ccc([N+](=O)[O-])cc1C(F)(F)F. The highest BCUT2D eigenvalue weighted by Crippen LogP contribution is 2.45. The number of hydrogen-bond donors (Lipinski definition) is 0. The van der Waals surface area contributed by atoms with Crippen molar-refractivity contribution in [3.63, 3.8) is 0 Å². The van der Waals surface area contributed by atoms with Crippen molar-refractivity contribution in [2.75, 3.05) is 0 Å². The van der Waals surface area contributed by atoms with Crippen LogP contribution in [0.3, 0.4) is 0 Å². The molecular weight excluding hydrogens is 415 g/mol. The van der Waals surface area contributed by atoms with Gasteiger partial charge in [-0.05, 0) is 58.0 Å². The average molecular weight is 433 g/mol. The molecule has 4 aromatic rings. The predicted molar refractivity (Wildman–Crippen MR) is 119 cm³/mol. The lowest BCUT2D eigenvalue weighted by molar-refractivity contribution is -0.385. The zero-order valence-corrected chi connectivity index (χ0v) is 17.1. The molecule has 32 heavy (non-hydrogen) atoms. The van der Waals surface area contributed by atoms with Crippen molar-refractivity contribution in [1.29, 1.82) is 0 Å². The van der Waals surface area contributed by atoms with Crippen molar-refractivity contribution < 1.29 is 18.1 Å². The maximum Gasteiger partial charge on any atom is 0.417 e. The summed E-state index contributed by atoms with van der Waals surface area (Å²) < 4.78 is 41.9. The Morgan fingerprint density at radius 2 is 1.31 bits per heavy atom. The second-order valence-corrected chi connectivity index (χ2v) is 7.43. The van der Waals surface area contributed by atoms with E-state index in [9.17, 15) is 23.3 Å². The van der Waals surface area contributed by atoms with Gasteiger partial charge < -0.3 is 0 Å². The first kappa shape index (κ1) is 21.3. The van der Waals surface area contributed by atoms with Gasteiger partial charge in [-0.15, -0.1) is 0 Å². The van der Waals surface area contributed by atoms with Gasteiger partial charge in [0.15, 0.2) is 0 Å². The Kier molecular flexibility index (Phi) is 5.53. The number of non-ortho nitro benzene ring substituents is 1. The Balaban J connectivity index is 2.04. The van der Waals surface area contributed by atoms with Crippen LogP contribution in [-0.2, 0) is 6.18 Å². The van der Waals surface area contributed by atoms with E-state index in [1.165, 1.54) is 6.07 Å². The van der Waals surface area contributed by atoms with Gasteiger partial charge in [-0.2, -0.15) is 13.2 Å². The van der Waals surface area contributed by atoms with E-state index in [0.29, 0.717) is 22.8 Å². The van der Waals surface area contributed by atoms with Gasteiger partial charge in [0.25, 0.3) is 5.69 Å². The normalized spacial score (nSPS) is 11.4. The highest BCUT2D eigenvalue weighted by molar-refractivity contribution is 5.90. The topological polar surface area (TPSA) is 43.1 Å². The standard InChI is InChI=1S/C26H18F3NO2/c1-17-14-20(18-8-4-2-5-9-18)15-23(19-10-6-3-7-11-19)25(17)22-13-12-21(30(31)32)16-24(22)26(27,28)29/h2-16H,1H3. The highest BCUT2D eigenvalue weighted by Gasteiger charge is 2.36. The number of nitro benzene ring substituents is 1. The minimum Gasteiger partial charge on any atom is -0.258 e. The molecule has 0 amide bonds. The number of hydrogen-bond acceptors (Lipinski definition) is 2. The summed E-state index contributed by atoms with van der Waals surface area (Å²) in [7, 11) is 0. The first-order valence-corrected chi connectivity index (χ1v) is 9.87. The van der Waals surface area contributed by atoms with Crippen LogP contribution in [0, 0.1) is 17.0 Å². The van der Waals surface area contributed by atoms with Crippen LogP contribution in [0.5, 0.6) is 0 Å². The molecule has 0 N–H and O–H groups in total. The summed E-state index contributed by atoms with van der Waals surface area (Å²) in [5, 5.41) is 11.1. The number of rotatable bonds is 4. The molecule has 4 aromatic carbocycles. The van der Waals surface area contributed by atoms with Crippen LogP contribution in [0.1, 0.15) is 11.1 Å². The molecule has 0 saturated heterocycles. The lowest BCUT2D eigenvalue weighted by atomic mass is 9.85. The number of nitro groups is 1. The van der Waals surface area contributed by atoms with E-state index >= 15 is 0 Å². The Morgan fingerprint density at radius 1 is 0.719 bits per heavy atom. The van der Waals surface area contributed by atoms with E-state index in [-0.39, 0.29) is 5.56 Å². The van der Waals surface area contributed by atoms with Gasteiger partial charge in [0.1, 0.15) is 0 Å². The number of benzene rings is 4. The van der Waals surface area contributed by atoms with Crippen LogP contribution < -0.4 is 0 Å². The number of nitrogens with zero attached hydrogens (tertiary/aromatic N) is 1. The third-order valence-electron chi connectivity index (χ3n) is 5.32. The molecule has 0 unspecified atom stereocenters. The molecule has 0 heterocycles. The van der Waals surface area contributed by atoms with Gasteiger partial charge >= 0.3 is 6.18 Å². The van der Waals surface area contributed by atoms with E-state index < -0.39 is 22.4 Å². The van der Waals surface area contributed by atoms with E-state index in [4.69, 9.17) is 0 Å². The fourth-order valence-corrected chi connectivity index (χ4v) is 3.89. The number of halogens is 3. The van der Waals surface area contributed by atoms with E-state index in [1.807, 2.05) is 72.8 Å². The van der Waals surface area contributed by atoms with E-state index in [0.717, 1.165) is 22.8 Å².